The first-order valence-electron chi connectivity index (χ1n) is 9.12. The number of carbonyl (C=O) groups is 1. The number of hydrogen-bond acceptors (Lipinski definition) is 5. The first-order valence-corrected chi connectivity index (χ1v) is 10.2. The fraction of sp³-hybridized carbons (Fsp3) is 0.286. The van der Waals surface area contributed by atoms with Gasteiger partial charge in [0.05, 0.1) is 0 Å². The van der Waals surface area contributed by atoms with Crippen LogP contribution in [-0.2, 0) is 4.79 Å². The predicted octanol–water partition coefficient (Wildman–Crippen LogP) is 3.45. The molecule has 0 bridgehead atoms. The van der Waals surface area contributed by atoms with E-state index >= 15 is 0 Å². The van der Waals surface area contributed by atoms with Crippen molar-refractivity contribution in [2.75, 3.05) is 17.2 Å². The Morgan fingerprint density at radius 1 is 1.21 bits per heavy atom. The van der Waals surface area contributed by atoms with E-state index in [9.17, 15) is 9.59 Å². The van der Waals surface area contributed by atoms with Crippen molar-refractivity contribution in [2.24, 2.45) is 11.8 Å². The van der Waals surface area contributed by atoms with Crippen LogP contribution in [0.25, 0.3) is 11.1 Å². The number of hydrazine groups is 1. The average Bonchev–Trinajstić information content (AvgIpc) is 3.16. The maximum Gasteiger partial charge on any atom is 0.338 e. The Kier molecular flexibility index (Phi) is 6.41. The number of benzene rings is 2. The lowest BCUT2D eigenvalue weighted by Crippen LogP contribution is -2.51. The highest BCUT2D eigenvalue weighted by Crippen LogP contribution is 2.36. The molecule has 3 rings (SSSR count). The lowest BCUT2D eigenvalue weighted by atomic mass is 10.1. The molecule has 0 spiro atoms. The molecule has 7 heteroatoms. The number of urea groups is 1. The van der Waals surface area contributed by atoms with Gasteiger partial charge in [0.25, 0.3) is 0 Å². The number of amides is 2. The number of thioether (sulfide) groups is 1. The Labute approximate surface area is 169 Å². The number of anilines is 1. The topological polar surface area (TPSA) is 78.7 Å². The highest BCUT2D eigenvalue weighted by atomic mass is 32.2. The Morgan fingerprint density at radius 2 is 1.86 bits per heavy atom. The van der Waals surface area contributed by atoms with Crippen LogP contribution in [0.2, 0.25) is 0 Å². The zero-order valence-corrected chi connectivity index (χ0v) is 16.8. The minimum absolute atomic E-state index is 0.299. The molecule has 3 N–H and O–H groups in total. The maximum atomic E-state index is 12.3. The molecule has 2 amide bonds. The number of rotatable bonds is 5. The molecule has 6 nitrogen and oxygen atoms in total. The van der Waals surface area contributed by atoms with Crippen LogP contribution in [0.1, 0.15) is 13.8 Å². The summed E-state index contributed by atoms with van der Waals surface area (Å²) in [6, 6.07) is 17.9. The number of nitrogens with zero attached hydrogens (tertiary/aromatic N) is 2. The molecule has 1 aliphatic heterocycles. The molecule has 0 radical (unpaired) electrons. The third-order valence-electron chi connectivity index (χ3n) is 4.48. The van der Waals surface area contributed by atoms with Crippen molar-refractivity contribution in [1.29, 1.82) is 0 Å². The van der Waals surface area contributed by atoms with Crippen LogP contribution < -0.4 is 16.2 Å². The van der Waals surface area contributed by atoms with Crippen molar-refractivity contribution in [2.45, 2.75) is 19.3 Å². The van der Waals surface area contributed by atoms with E-state index in [4.69, 9.17) is 5.84 Å². The summed E-state index contributed by atoms with van der Waals surface area (Å²) in [6.45, 7) is 4.96. The molecule has 2 aromatic rings. The largest absolute Gasteiger partial charge is 0.342 e. The van der Waals surface area contributed by atoms with Crippen molar-refractivity contribution in [3.63, 3.8) is 0 Å². The van der Waals surface area contributed by atoms with Gasteiger partial charge in [0.2, 0.25) is 0 Å². The molecule has 2 aromatic carbocycles. The number of carbonyl (C=O) groups excluding carboxylic acids is 2. The molecule has 1 atom stereocenters. The number of nitrogens with one attached hydrogen (secondary N) is 1. The summed E-state index contributed by atoms with van der Waals surface area (Å²) in [4.78, 5) is 27.1. The molecule has 0 saturated carbocycles. The highest BCUT2D eigenvalue weighted by Gasteiger charge is 2.38. The Balaban J connectivity index is 1.94. The molecular formula is C21H24N4O2S. The number of nitrogens with two attached hydrogens (primary N) is 1. The predicted molar refractivity (Wildman–Crippen MR) is 114 cm³/mol. The molecule has 0 aliphatic carbocycles. The molecule has 28 heavy (non-hydrogen) atoms. The van der Waals surface area contributed by atoms with E-state index in [2.05, 4.69) is 48.4 Å². The smallest absolute Gasteiger partial charge is 0.338 e. The van der Waals surface area contributed by atoms with E-state index < -0.39 is 6.03 Å². The SMILES string of the molecule is CC(C)CN(c1ccc(-c2ccccc2)cc1)C1SCC(=C=O)N1C(=O)NN. The first-order chi connectivity index (χ1) is 13.5. The molecular weight excluding hydrogens is 372 g/mol. The lowest BCUT2D eigenvalue weighted by Gasteiger charge is -2.36. The van der Waals surface area contributed by atoms with Crippen LogP contribution in [0, 0.1) is 5.92 Å². The molecule has 1 fully saturated rings. The van der Waals surface area contributed by atoms with Crippen LogP contribution in [0.5, 0.6) is 0 Å². The van der Waals surface area contributed by atoms with E-state index in [1.54, 1.807) is 0 Å². The van der Waals surface area contributed by atoms with Gasteiger partial charge in [-0.1, -0.05) is 56.3 Å². The van der Waals surface area contributed by atoms with Gasteiger partial charge in [0.15, 0.2) is 5.50 Å². The van der Waals surface area contributed by atoms with Gasteiger partial charge in [-0.3, -0.25) is 10.3 Å². The fourth-order valence-electron chi connectivity index (χ4n) is 3.22. The number of hydrogen-bond donors (Lipinski definition) is 2. The zero-order chi connectivity index (χ0) is 20.1. The molecule has 146 valence electrons. The third-order valence-corrected chi connectivity index (χ3v) is 5.68. The minimum Gasteiger partial charge on any atom is -0.342 e. The van der Waals surface area contributed by atoms with Gasteiger partial charge in [0.1, 0.15) is 11.6 Å². The third kappa shape index (κ3) is 4.22. The second kappa shape index (κ2) is 8.97. The van der Waals surface area contributed by atoms with Crippen LogP contribution in [0.3, 0.4) is 0 Å². The summed E-state index contributed by atoms with van der Waals surface area (Å²) in [7, 11) is 0. The van der Waals surface area contributed by atoms with E-state index in [0.717, 1.165) is 23.4 Å². The lowest BCUT2D eigenvalue weighted by molar-refractivity contribution is 0.209. The summed E-state index contributed by atoms with van der Waals surface area (Å²) in [5.41, 5.74) is 5.33. The highest BCUT2D eigenvalue weighted by molar-refractivity contribution is 8.00. The van der Waals surface area contributed by atoms with Crippen LogP contribution in [0.15, 0.2) is 60.3 Å². The van der Waals surface area contributed by atoms with Crippen LogP contribution >= 0.6 is 11.8 Å². The van der Waals surface area contributed by atoms with Gasteiger partial charge in [-0.15, -0.1) is 11.8 Å². The molecule has 1 heterocycles. The van der Waals surface area contributed by atoms with Crippen molar-refractivity contribution < 1.29 is 9.59 Å². The molecule has 0 aromatic heterocycles. The van der Waals surface area contributed by atoms with Gasteiger partial charge in [0, 0.05) is 18.0 Å². The van der Waals surface area contributed by atoms with Gasteiger partial charge in [-0.25, -0.2) is 15.4 Å². The van der Waals surface area contributed by atoms with Crippen LogP contribution in [0.4, 0.5) is 10.5 Å². The summed E-state index contributed by atoms with van der Waals surface area (Å²) in [6.07, 6.45) is 0. The van der Waals surface area contributed by atoms with E-state index in [0.29, 0.717) is 17.4 Å². The van der Waals surface area contributed by atoms with Crippen molar-refractivity contribution in [3.05, 3.63) is 60.3 Å². The van der Waals surface area contributed by atoms with E-state index in [1.165, 1.54) is 16.7 Å². The molecule has 1 unspecified atom stereocenters. The monoisotopic (exact) mass is 396 g/mol. The quantitative estimate of drug-likeness (QED) is 0.350. The Morgan fingerprint density at radius 3 is 2.43 bits per heavy atom. The summed E-state index contributed by atoms with van der Waals surface area (Å²) in [5, 5.41) is 0. The van der Waals surface area contributed by atoms with E-state index in [-0.39, 0.29) is 5.50 Å². The summed E-state index contributed by atoms with van der Waals surface area (Å²) in [5.74, 6) is 8.00. The van der Waals surface area contributed by atoms with Gasteiger partial charge in [-0.2, -0.15) is 0 Å². The second-order valence-corrected chi connectivity index (χ2v) is 8.01. The molecule has 1 saturated heterocycles. The van der Waals surface area contributed by atoms with Gasteiger partial charge in [-0.05, 0) is 29.2 Å². The van der Waals surface area contributed by atoms with E-state index in [1.807, 2.05) is 36.3 Å². The summed E-state index contributed by atoms with van der Waals surface area (Å²) < 4.78 is 0. The van der Waals surface area contributed by atoms with Gasteiger partial charge < -0.3 is 4.90 Å². The zero-order valence-electron chi connectivity index (χ0n) is 16.0. The normalized spacial score (nSPS) is 16.2. The Bertz CT molecular complexity index is 864. The van der Waals surface area contributed by atoms with Crippen molar-refractivity contribution in [1.82, 2.24) is 10.3 Å². The van der Waals surface area contributed by atoms with Crippen LogP contribution in [-0.4, -0.2) is 34.7 Å². The second-order valence-electron chi connectivity index (χ2n) is 6.96. The van der Waals surface area contributed by atoms with Crippen molar-refractivity contribution in [3.8, 4) is 11.1 Å². The van der Waals surface area contributed by atoms with Gasteiger partial charge >= 0.3 is 6.03 Å². The minimum atomic E-state index is -0.511. The first kappa shape index (κ1) is 20.0. The summed E-state index contributed by atoms with van der Waals surface area (Å²) >= 11 is 1.51. The average molecular weight is 397 g/mol. The standard InChI is InChI=1S/C21H24N4O2S/c1-15(2)12-24(21-25(20(27)23-22)19(13-26)14-28-21)18-10-8-17(9-11-18)16-6-4-3-5-7-16/h3-11,15,21H,12,14,22H2,1-2H3,(H,23,27). The maximum absolute atomic E-state index is 12.3. The fourth-order valence-corrected chi connectivity index (χ4v) is 4.49. The molecule has 1 aliphatic rings. The Hall–Kier alpha value is -2.73. The van der Waals surface area contributed by atoms with Crippen molar-refractivity contribution >= 4 is 29.4 Å².